The first kappa shape index (κ1) is 26.1. The third kappa shape index (κ3) is 4.47. The van der Waals surface area contributed by atoms with Crippen LogP contribution in [0.15, 0.2) is 24.3 Å². The summed E-state index contributed by atoms with van der Waals surface area (Å²) < 4.78 is 37.4. The van der Waals surface area contributed by atoms with E-state index in [4.69, 9.17) is 26.3 Å². The van der Waals surface area contributed by atoms with Gasteiger partial charge in [0.15, 0.2) is 11.6 Å². The van der Waals surface area contributed by atoms with Crippen molar-refractivity contribution in [2.75, 3.05) is 31.1 Å². The molecule has 2 bridgehead atoms. The van der Waals surface area contributed by atoms with Gasteiger partial charge in [-0.1, -0.05) is 17.7 Å². The second kappa shape index (κ2) is 9.73. The Kier molecular flexibility index (Phi) is 6.18. The van der Waals surface area contributed by atoms with Crippen LogP contribution in [0.4, 0.5) is 14.6 Å². The smallest absolute Gasteiger partial charge is 0.157 e. The summed E-state index contributed by atoms with van der Waals surface area (Å²) in [4.78, 5) is 14.0. The Labute approximate surface area is 242 Å². The highest BCUT2D eigenvalue weighted by atomic mass is 35.5. The molecule has 1 aromatic heterocycles. The average molecular weight is 582 g/mol. The zero-order chi connectivity index (χ0) is 27.9. The number of rotatable bonds is 6. The molecule has 5 fully saturated rings. The molecular weight excluding hydrogens is 548 g/mol. The Hall–Kier alpha value is -2.59. The molecule has 4 saturated heterocycles. The van der Waals surface area contributed by atoms with Crippen LogP contribution in [0.3, 0.4) is 0 Å². The Bertz CT molecular complexity index is 1520. The van der Waals surface area contributed by atoms with Crippen LogP contribution in [0.25, 0.3) is 22.0 Å². The summed E-state index contributed by atoms with van der Waals surface area (Å²) in [6.07, 6.45) is 5.38. The second-order valence-electron chi connectivity index (χ2n) is 12.6. The zero-order valence-corrected chi connectivity index (χ0v) is 23.6. The van der Waals surface area contributed by atoms with Crippen molar-refractivity contribution in [3.05, 3.63) is 46.5 Å². The monoisotopic (exact) mass is 581 g/mol. The van der Waals surface area contributed by atoms with Crippen molar-refractivity contribution in [1.29, 1.82) is 0 Å². The first-order valence-corrected chi connectivity index (χ1v) is 15.3. The van der Waals surface area contributed by atoms with Gasteiger partial charge in [-0.15, -0.1) is 0 Å². The number of aromatic nitrogens is 2. The van der Waals surface area contributed by atoms with Crippen LogP contribution in [0.2, 0.25) is 5.02 Å². The standard InChI is InChI=1S/C31H34ClF2N5O2/c32-25-11-21(40)10-24(27(25)17-2-3-17)22-6-7-23-29(28(22)34)36-26(16-41-31-8-1-9-39(31)13-18(33)12-31)37-30(23)38-14-19-4-5-20(15-38)35-19/h6-7,10-11,17-20,35,40H,1-5,8-9,12-16H2. The van der Waals surface area contributed by atoms with Gasteiger partial charge in [0.25, 0.3) is 0 Å². The minimum Gasteiger partial charge on any atom is -0.508 e. The number of halogens is 3. The molecule has 3 aromatic rings. The summed E-state index contributed by atoms with van der Waals surface area (Å²) in [5, 5.41) is 15.1. The van der Waals surface area contributed by atoms with Crippen LogP contribution < -0.4 is 10.2 Å². The number of ether oxygens (including phenoxy) is 1. The zero-order valence-electron chi connectivity index (χ0n) is 22.9. The van der Waals surface area contributed by atoms with E-state index in [0.29, 0.717) is 58.2 Å². The lowest BCUT2D eigenvalue weighted by atomic mass is 9.94. The van der Waals surface area contributed by atoms with Gasteiger partial charge < -0.3 is 20.1 Å². The summed E-state index contributed by atoms with van der Waals surface area (Å²) in [5.74, 6) is 0.915. The fourth-order valence-electron chi connectivity index (χ4n) is 7.76. The number of phenols is 1. The highest BCUT2D eigenvalue weighted by molar-refractivity contribution is 6.32. The molecule has 1 saturated carbocycles. The van der Waals surface area contributed by atoms with E-state index < -0.39 is 17.7 Å². The molecular formula is C31H34ClF2N5O2. The minimum absolute atomic E-state index is 0.00533. The first-order chi connectivity index (χ1) is 19.9. The van der Waals surface area contributed by atoms with Gasteiger partial charge in [-0.3, -0.25) is 4.90 Å². The number of aromatic hydroxyl groups is 1. The van der Waals surface area contributed by atoms with Crippen molar-refractivity contribution >= 4 is 28.3 Å². The topological polar surface area (TPSA) is 73.8 Å². The van der Waals surface area contributed by atoms with Gasteiger partial charge in [0, 0.05) is 60.7 Å². The number of nitrogens with zero attached hydrogens (tertiary/aromatic N) is 4. The Balaban J connectivity index is 1.23. The minimum atomic E-state index is -0.908. The first-order valence-electron chi connectivity index (χ1n) is 14.9. The van der Waals surface area contributed by atoms with E-state index in [1.54, 1.807) is 12.1 Å². The van der Waals surface area contributed by atoms with Crippen LogP contribution >= 0.6 is 11.6 Å². The second-order valence-corrected chi connectivity index (χ2v) is 13.0. The lowest BCUT2D eigenvalue weighted by Gasteiger charge is -2.35. The Morgan fingerprint density at radius 1 is 1.07 bits per heavy atom. The summed E-state index contributed by atoms with van der Waals surface area (Å²) in [6, 6.07) is 7.56. The van der Waals surface area contributed by atoms with Gasteiger partial charge in [0.1, 0.15) is 35.6 Å². The molecule has 0 spiro atoms. The van der Waals surface area contributed by atoms with Crippen molar-refractivity contribution in [1.82, 2.24) is 20.2 Å². The van der Waals surface area contributed by atoms with Crippen LogP contribution in [0.1, 0.15) is 62.3 Å². The molecule has 5 aliphatic rings. The number of hydrogen-bond donors (Lipinski definition) is 2. The number of alkyl halides is 1. The van der Waals surface area contributed by atoms with Crippen molar-refractivity contribution in [3.8, 4) is 16.9 Å². The molecule has 5 heterocycles. The summed E-state index contributed by atoms with van der Waals surface area (Å²) >= 11 is 6.56. The summed E-state index contributed by atoms with van der Waals surface area (Å²) in [6.45, 7) is 2.88. The number of fused-ring (bicyclic) bond motifs is 4. The highest BCUT2D eigenvalue weighted by Gasteiger charge is 2.50. The third-order valence-electron chi connectivity index (χ3n) is 9.74. The van der Waals surface area contributed by atoms with E-state index in [2.05, 4.69) is 15.1 Å². The molecule has 2 N–H and O–H groups in total. The van der Waals surface area contributed by atoms with Gasteiger partial charge in [-0.2, -0.15) is 0 Å². The molecule has 216 valence electrons. The fraction of sp³-hybridized carbons (Fsp3) is 0.548. The lowest BCUT2D eigenvalue weighted by Crippen LogP contribution is -2.51. The van der Waals surface area contributed by atoms with E-state index in [9.17, 15) is 9.50 Å². The van der Waals surface area contributed by atoms with Crippen molar-refractivity contribution in [3.63, 3.8) is 0 Å². The van der Waals surface area contributed by atoms with E-state index in [1.165, 1.54) is 6.07 Å². The molecule has 41 heavy (non-hydrogen) atoms. The largest absolute Gasteiger partial charge is 0.508 e. The maximum atomic E-state index is 16.6. The summed E-state index contributed by atoms with van der Waals surface area (Å²) in [7, 11) is 0. The van der Waals surface area contributed by atoms with Gasteiger partial charge >= 0.3 is 0 Å². The van der Waals surface area contributed by atoms with Crippen molar-refractivity contribution < 1.29 is 18.6 Å². The number of hydrogen-bond acceptors (Lipinski definition) is 7. The maximum absolute atomic E-state index is 16.6. The number of nitrogens with one attached hydrogen (secondary N) is 1. The molecule has 10 heteroatoms. The Morgan fingerprint density at radius 2 is 1.88 bits per heavy atom. The molecule has 4 unspecified atom stereocenters. The van der Waals surface area contributed by atoms with Crippen LogP contribution in [-0.2, 0) is 11.3 Å². The van der Waals surface area contributed by atoms with Gasteiger partial charge in [-0.05, 0) is 73.8 Å². The SMILES string of the molecule is Oc1cc(Cl)c(C2CC2)c(-c2ccc3c(N4CC5CCC(C4)N5)nc(COC45CCCN4CC(F)C5)nc3c2F)c1. The molecule has 8 rings (SSSR count). The highest BCUT2D eigenvalue weighted by Crippen LogP contribution is 2.50. The fourth-order valence-corrected chi connectivity index (χ4v) is 8.12. The lowest BCUT2D eigenvalue weighted by molar-refractivity contribution is -0.125. The maximum Gasteiger partial charge on any atom is 0.157 e. The van der Waals surface area contributed by atoms with Gasteiger partial charge in [-0.25, -0.2) is 18.7 Å². The predicted octanol–water partition coefficient (Wildman–Crippen LogP) is 5.66. The number of phenolic OH excluding ortho intramolecular Hbond substituents is 1. The number of benzene rings is 2. The number of piperazine rings is 1. The van der Waals surface area contributed by atoms with Crippen molar-refractivity contribution in [2.45, 2.75) is 81.5 Å². The predicted molar refractivity (Wildman–Crippen MR) is 154 cm³/mol. The molecule has 2 aromatic carbocycles. The van der Waals surface area contributed by atoms with Crippen LogP contribution in [0, 0.1) is 5.82 Å². The molecule has 0 amide bonds. The van der Waals surface area contributed by atoms with E-state index in [-0.39, 0.29) is 23.8 Å². The third-order valence-corrected chi connectivity index (χ3v) is 10.1. The van der Waals surface area contributed by atoms with Gasteiger partial charge in [0.2, 0.25) is 0 Å². The summed E-state index contributed by atoms with van der Waals surface area (Å²) in [5.41, 5.74) is 1.45. The molecule has 4 aliphatic heterocycles. The molecule has 0 radical (unpaired) electrons. The normalized spacial score (nSPS) is 29.5. The van der Waals surface area contributed by atoms with Gasteiger partial charge in [0.05, 0.1) is 0 Å². The molecule has 4 atom stereocenters. The molecule has 7 nitrogen and oxygen atoms in total. The van der Waals surface area contributed by atoms with Crippen LogP contribution in [-0.4, -0.2) is 70.1 Å². The van der Waals surface area contributed by atoms with E-state index >= 15 is 4.39 Å². The molecule has 1 aliphatic carbocycles. The van der Waals surface area contributed by atoms with Crippen molar-refractivity contribution in [2.24, 2.45) is 0 Å². The van der Waals surface area contributed by atoms with E-state index in [0.717, 1.165) is 63.7 Å². The quantitative estimate of drug-likeness (QED) is 0.389. The van der Waals surface area contributed by atoms with Crippen LogP contribution in [0.5, 0.6) is 5.75 Å². The van der Waals surface area contributed by atoms with E-state index in [1.807, 2.05) is 6.07 Å². The average Bonchev–Trinajstić information content (AvgIpc) is 3.52. The Morgan fingerprint density at radius 3 is 2.66 bits per heavy atom. The number of anilines is 1.